The van der Waals surface area contributed by atoms with Gasteiger partial charge in [-0.2, -0.15) is 4.31 Å². The van der Waals surface area contributed by atoms with Crippen molar-refractivity contribution < 1.29 is 8.42 Å². The number of hydrogen-bond acceptors (Lipinski definition) is 3. The third-order valence-corrected chi connectivity index (χ3v) is 6.86. The van der Waals surface area contributed by atoms with Crippen LogP contribution in [0.3, 0.4) is 0 Å². The number of nitrogens with zero attached hydrogens (tertiary/aromatic N) is 1. The Hall–Kier alpha value is -0.620. The molecule has 0 aromatic heterocycles. The Labute approximate surface area is 134 Å². The van der Waals surface area contributed by atoms with Crippen LogP contribution in [0.4, 0.5) is 0 Å². The van der Waals surface area contributed by atoms with Gasteiger partial charge in [-0.15, -0.1) is 12.4 Å². The van der Waals surface area contributed by atoms with E-state index in [1.165, 1.54) is 9.87 Å². The molecule has 0 saturated carbocycles. The fraction of sp³-hybridized carbons (Fsp3) is 0.600. The number of halogens is 1. The standard InChI is InChI=1S/C15H24N2O2S.ClH/c1-9-10(2)12(4)15(13(5)11(9)3)20(18,19)17-7-6-14(16)8-17;/h14H,6-8,16H2,1-5H3;1H. The van der Waals surface area contributed by atoms with Crippen molar-refractivity contribution in [3.05, 3.63) is 27.8 Å². The lowest BCUT2D eigenvalue weighted by Gasteiger charge is -2.23. The van der Waals surface area contributed by atoms with E-state index in [1.807, 2.05) is 34.6 Å². The van der Waals surface area contributed by atoms with Crippen LogP contribution >= 0.6 is 12.4 Å². The normalized spacial score (nSPS) is 19.6. The van der Waals surface area contributed by atoms with Crippen LogP contribution in [0.15, 0.2) is 4.90 Å². The molecule has 1 atom stereocenters. The number of hydrogen-bond donors (Lipinski definition) is 1. The summed E-state index contributed by atoms with van der Waals surface area (Å²) in [5.74, 6) is 0. The molecular formula is C15H25ClN2O2S. The molecule has 1 fully saturated rings. The Balaban J connectivity index is 0.00000220. The third-order valence-electron chi connectivity index (χ3n) is 4.72. The van der Waals surface area contributed by atoms with Gasteiger partial charge in [0.15, 0.2) is 0 Å². The van der Waals surface area contributed by atoms with Crippen molar-refractivity contribution in [1.82, 2.24) is 4.31 Å². The van der Waals surface area contributed by atoms with Gasteiger partial charge in [-0.3, -0.25) is 0 Å². The summed E-state index contributed by atoms with van der Waals surface area (Å²) in [6, 6.07) is -0.0435. The molecule has 1 unspecified atom stereocenters. The molecule has 0 spiro atoms. The second kappa shape index (κ2) is 6.24. The molecule has 1 heterocycles. The van der Waals surface area contributed by atoms with Crippen molar-refractivity contribution in [3.63, 3.8) is 0 Å². The summed E-state index contributed by atoms with van der Waals surface area (Å²) < 4.78 is 27.3. The maximum atomic E-state index is 12.9. The molecule has 0 bridgehead atoms. The van der Waals surface area contributed by atoms with Gasteiger partial charge in [-0.1, -0.05) is 0 Å². The first-order chi connectivity index (χ1) is 9.17. The Morgan fingerprint density at radius 1 is 0.952 bits per heavy atom. The maximum absolute atomic E-state index is 12.9. The summed E-state index contributed by atoms with van der Waals surface area (Å²) in [6.45, 7) is 10.8. The van der Waals surface area contributed by atoms with Crippen LogP contribution in [0.1, 0.15) is 34.2 Å². The molecular weight excluding hydrogens is 308 g/mol. The summed E-state index contributed by atoms with van der Waals surface area (Å²) in [5.41, 5.74) is 10.9. The lowest BCUT2D eigenvalue weighted by Crippen LogP contribution is -2.33. The van der Waals surface area contributed by atoms with Crippen molar-refractivity contribution in [1.29, 1.82) is 0 Å². The zero-order valence-electron chi connectivity index (χ0n) is 13.4. The minimum atomic E-state index is -3.44. The third kappa shape index (κ3) is 2.97. The average Bonchev–Trinajstić information content (AvgIpc) is 2.81. The summed E-state index contributed by atoms with van der Waals surface area (Å²) >= 11 is 0. The van der Waals surface area contributed by atoms with E-state index >= 15 is 0 Å². The quantitative estimate of drug-likeness (QED) is 0.904. The van der Waals surface area contributed by atoms with Crippen molar-refractivity contribution in [2.75, 3.05) is 13.1 Å². The molecule has 1 aromatic carbocycles. The van der Waals surface area contributed by atoms with E-state index in [9.17, 15) is 8.42 Å². The summed E-state index contributed by atoms with van der Waals surface area (Å²) in [7, 11) is -3.44. The van der Waals surface area contributed by atoms with Gasteiger partial charge in [0.1, 0.15) is 0 Å². The van der Waals surface area contributed by atoms with Crippen LogP contribution in [0.2, 0.25) is 0 Å². The molecule has 1 aromatic rings. The highest BCUT2D eigenvalue weighted by molar-refractivity contribution is 7.89. The fourth-order valence-corrected chi connectivity index (χ4v) is 5.03. The lowest BCUT2D eigenvalue weighted by atomic mass is 9.95. The van der Waals surface area contributed by atoms with Crippen molar-refractivity contribution in [3.8, 4) is 0 Å². The largest absolute Gasteiger partial charge is 0.326 e. The van der Waals surface area contributed by atoms with E-state index in [2.05, 4.69) is 0 Å². The fourth-order valence-electron chi connectivity index (χ4n) is 2.95. The zero-order valence-corrected chi connectivity index (χ0v) is 15.0. The average molecular weight is 333 g/mol. The Kier molecular flexibility index (Phi) is 5.48. The molecule has 4 nitrogen and oxygen atoms in total. The van der Waals surface area contributed by atoms with Gasteiger partial charge in [0.05, 0.1) is 4.90 Å². The van der Waals surface area contributed by atoms with Gasteiger partial charge in [0.25, 0.3) is 0 Å². The Morgan fingerprint density at radius 3 is 1.76 bits per heavy atom. The van der Waals surface area contributed by atoms with Crippen LogP contribution in [-0.2, 0) is 10.0 Å². The van der Waals surface area contributed by atoms with E-state index in [4.69, 9.17) is 5.73 Å². The SMILES string of the molecule is Cc1c(C)c(C)c(S(=O)(=O)N2CCC(N)C2)c(C)c1C.Cl. The lowest BCUT2D eigenvalue weighted by molar-refractivity contribution is 0.471. The van der Waals surface area contributed by atoms with Crippen molar-refractivity contribution in [2.24, 2.45) is 5.73 Å². The monoisotopic (exact) mass is 332 g/mol. The smallest absolute Gasteiger partial charge is 0.243 e. The zero-order chi connectivity index (χ0) is 15.2. The van der Waals surface area contributed by atoms with E-state index in [1.54, 1.807) is 0 Å². The number of benzene rings is 1. The minimum absolute atomic E-state index is 0. The summed E-state index contributed by atoms with van der Waals surface area (Å²) in [5, 5.41) is 0. The van der Waals surface area contributed by atoms with Gasteiger partial charge >= 0.3 is 0 Å². The second-order valence-electron chi connectivity index (χ2n) is 5.87. The van der Waals surface area contributed by atoms with Crippen molar-refractivity contribution in [2.45, 2.75) is 52.0 Å². The first-order valence-corrected chi connectivity index (χ1v) is 8.44. The first kappa shape index (κ1) is 18.4. The molecule has 0 aliphatic carbocycles. The molecule has 1 aliphatic heterocycles. The molecule has 2 N–H and O–H groups in total. The van der Waals surface area contributed by atoms with Crippen LogP contribution in [-0.4, -0.2) is 31.9 Å². The van der Waals surface area contributed by atoms with Crippen LogP contribution in [0.25, 0.3) is 0 Å². The highest BCUT2D eigenvalue weighted by Gasteiger charge is 2.34. The highest BCUT2D eigenvalue weighted by Crippen LogP contribution is 2.32. The molecule has 120 valence electrons. The van der Waals surface area contributed by atoms with Crippen molar-refractivity contribution >= 4 is 22.4 Å². The highest BCUT2D eigenvalue weighted by atomic mass is 35.5. The summed E-state index contributed by atoms with van der Waals surface area (Å²) in [4.78, 5) is 0.479. The van der Waals surface area contributed by atoms with Crippen LogP contribution in [0, 0.1) is 34.6 Å². The second-order valence-corrected chi connectivity index (χ2v) is 7.74. The van der Waals surface area contributed by atoms with Crippen LogP contribution < -0.4 is 5.73 Å². The first-order valence-electron chi connectivity index (χ1n) is 7.00. The van der Waals surface area contributed by atoms with Gasteiger partial charge in [-0.05, 0) is 68.9 Å². The summed E-state index contributed by atoms with van der Waals surface area (Å²) in [6.07, 6.45) is 0.737. The predicted molar refractivity (Wildman–Crippen MR) is 88.7 cm³/mol. The van der Waals surface area contributed by atoms with Crippen LogP contribution in [0.5, 0.6) is 0 Å². The minimum Gasteiger partial charge on any atom is -0.326 e. The number of sulfonamides is 1. The van der Waals surface area contributed by atoms with Gasteiger partial charge in [-0.25, -0.2) is 8.42 Å². The topological polar surface area (TPSA) is 63.4 Å². The van der Waals surface area contributed by atoms with Gasteiger partial charge in [0, 0.05) is 19.1 Å². The number of nitrogens with two attached hydrogens (primary N) is 1. The molecule has 1 saturated heterocycles. The Morgan fingerprint density at radius 2 is 1.38 bits per heavy atom. The van der Waals surface area contributed by atoms with Gasteiger partial charge < -0.3 is 5.73 Å². The van der Waals surface area contributed by atoms with E-state index in [0.717, 1.165) is 28.7 Å². The number of rotatable bonds is 2. The Bertz CT molecular complexity index is 627. The van der Waals surface area contributed by atoms with E-state index in [0.29, 0.717) is 18.0 Å². The molecule has 21 heavy (non-hydrogen) atoms. The predicted octanol–water partition coefficient (Wildman–Crippen LogP) is 2.37. The maximum Gasteiger partial charge on any atom is 0.243 e. The molecule has 0 amide bonds. The van der Waals surface area contributed by atoms with E-state index < -0.39 is 10.0 Å². The van der Waals surface area contributed by atoms with E-state index in [-0.39, 0.29) is 18.4 Å². The molecule has 0 radical (unpaired) electrons. The molecule has 6 heteroatoms. The molecule has 2 rings (SSSR count). The van der Waals surface area contributed by atoms with Gasteiger partial charge in [0.2, 0.25) is 10.0 Å². The molecule has 1 aliphatic rings.